The summed E-state index contributed by atoms with van der Waals surface area (Å²) in [6.45, 7) is 4.55. The lowest BCUT2D eigenvalue weighted by atomic mass is 9.92. The maximum absolute atomic E-state index is 2.41. The van der Waals surface area contributed by atoms with Gasteiger partial charge in [-0.15, -0.1) is 22.7 Å². The van der Waals surface area contributed by atoms with Gasteiger partial charge in [0.15, 0.2) is 0 Å². The zero-order valence-electron chi connectivity index (χ0n) is 20.2. The van der Waals surface area contributed by atoms with E-state index in [1.165, 1.54) is 74.8 Å². The van der Waals surface area contributed by atoms with Gasteiger partial charge in [-0.05, 0) is 81.3 Å². The lowest BCUT2D eigenvalue weighted by Crippen LogP contribution is -1.91. The van der Waals surface area contributed by atoms with Crippen LogP contribution in [-0.2, 0) is 0 Å². The van der Waals surface area contributed by atoms with Gasteiger partial charge in [-0.3, -0.25) is 0 Å². The molecule has 1 aliphatic rings. The largest absolute Gasteiger partial charge is 0.140 e. The Hall–Kier alpha value is -3.72. The Morgan fingerprint density at radius 1 is 0.444 bits per heavy atom. The van der Waals surface area contributed by atoms with Crippen molar-refractivity contribution in [1.82, 2.24) is 0 Å². The Morgan fingerprint density at radius 3 is 1.33 bits per heavy atom. The molecule has 0 saturated heterocycles. The molecule has 2 aromatic heterocycles. The van der Waals surface area contributed by atoms with Gasteiger partial charge in [0.1, 0.15) is 0 Å². The first-order valence-electron chi connectivity index (χ1n) is 12.3. The summed E-state index contributed by atoms with van der Waals surface area (Å²) in [6.07, 6.45) is 0. The zero-order chi connectivity index (χ0) is 24.2. The predicted molar refractivity (Wildman–Crippen MR) is 158 cm³/mol. The van der Waals surface area contributed by atoms with E-state index < -0.39 is 0 Å². The molecule has 0 fully saturated rings. The molecule has 0 atom stereocenters. The summed E-state index contributed by atoms with van der Waals surface area (Å²) < 4.78 is 0. The van der Waals surface area contributed by atoms with Gasteiger partial charge in [-0.2, -0.15) is 0 Å². The summed E-state index contributed by atoms with van der Waals surface area (Å²) in [4.78, 5) is 5.37. The van der Waals surface area contributed by atoms with Crippen LogP contribution < -0.4 is 0 Å². The molecule has 1 aliphatic carbocycles. The predicted octanol–water partition coefficient (Wildman–Crippen LogP) is 10.2. The summed E-state index contributed by atoms with van der Waals surface area (Å²) in [6, 6.07) is 39.9. The topological polar surface area (TPSA) is 0 Å². The number of thiophene rings is 2. The second kappa shape index (κ2) is 8.44. The summed E-state index contributed by atoms with van der Waals surface area (Å²) >= 11 is 3.79. The molecule has 6 aromatic rings. The van der Waals surface area contributed by atoms with Crippen LogP contribution in [0.1, 0.15) is 32.0 Å². The molecule has 0 nitrogen and oxygen atoms in total. The van der Waals surface area contributed by atoms with Crippen molar-refractivity contribution in [3.05, 3.63) is 141 Å². The van der Waals surface area contributed by atoms with E-state index in [-0.39, 0.29) is 0 Å². The van der Waals surface area contributed by atoms with Gasteiger partial charge in [0.25, 0.3) is 0 Å². The number of rotatable bonds is 4. The van der Waals surface area contributed by atoms with Crippen LogP contribution in [0.3, 0.4) is 0 Å². The average molecular weight is 497 g/mol. The van der Waals surface area contributed by atoms with Crippen molar-refractivity contribution in [1.29, 1.82) is 0 Å². The first-order chi connectivity index (χ1) is 17.7. The molecular formula is C34H24S2. The molecule has 0 aliphatic heterocycles. The van der Waals surface area contributed by atoms with Gasteiger partial charge in [-0.1, -0.05) is 97.1 Å². The van der Waals surface area contributed by atoms with Crippen LogP contribution in [0.5, 0.6) is 0 Å². The molecule has 0 saturated carbocycles. The van der Waals surface area contributed by atoms with E-state index in [0.29, 0.717) is 0 Å². The van der Waals surface area contributed by atoms with Crippen LogP contribution in [0.2, 0.25) is 0 Å². The third-order valence-corrected chi connectivity index (χ3v) is 9.38. The van der Waals surface area contributed by atoms with E-state index in [4.69, 9.17) is 0 Å². The van der Waals surface area contributed by atoms with Crippen molar-refractivity contribution in [3.8, 4) is 20.9 Å². The first kappa shape index (κ1) is 21.6. The second-order valence-electron chi connectivity index (χ2n) is 9.35. The van der Waals surface area contributed by atoms with E-state index >= 15 is 0 Å². The lowest BCUT2D eigenvalue weighted by Gasteiger charge is -2.10. The summed E-state index contributed by atoms with van der Waals surface area (Å²) in [5.41, 5.74) is 10.7. The lowest BCUT2D eigenvalue weighted by molar-refractivity contribution is 1.53. The molecule has 0 radical (unpaired) electrons. The number of aryl methyl sites for hydroxylation is 2. The molecule has 0 unspecified atom stereocenters. The fourth-order valence-electron chi connectivity index (χ4n) is 5.54. The Labute approximate surface area is 219 Å². The molecule has 36 heavy (non-hydrogen) atoms. The van der Waals surface area contributed by atoms with Crippen molar-refractivity contribution in [2.75, 3.05) is 0 Å². The minimum Gasteiger partial charge on any atom is -0.140 e. The van der Waals surface area contributed by atoms with Crippen molar-refractivity contribution in [2.45, 2.75) is 13.8 Å². The third kappa shape index (κ3) is 3.33. The standard InChI is InChI=1S/C34H24S2/c1-21-28(19-30(35-21)23-11-5-3-6-12-23)33-26-17-9-15-25-16-10-18-27(32(25)26)34(33)29-20-31(36-22(29)2)24-13-7-4-8-14-24/h3-20H,1-2H3. The molecular weight excluding hydrogens is 473 g/mol. The van der Waals surface area contributed by atoms with Gasteiger partial charge >= 0.3 is 0 Å². The molecule has 172 valence electrons. The average Bonchev–Trinajstić information content (AvgIpc) is 3.59. The summed E-state index contributed by atoms with van der Waals surface area (Å²) in [5.74, 6) is 0. The number of hydrogen-bond donors (Lipinski definition) is 0. The van der Waals surface area contributed by atoms with Gasteiger partial charge in [0.2, 0.25) is 0 Å². The van der Waals surface area contributed by atoms with Gasteiger partial charge < -0.3 is 0 Å². The molecule has 2 heterocycles. The maximum atomic E-state index is 2.41. The fraction of sp³-hybridized carbons (Fsp3) is 0.0588. The summed E-state index contributed by atoms with van der Waals surface area (Å²) in [7, 11) is 0. The molecule has 0 amide bonds. The monoisotopic (exact) mass is 496 g/mol. The normalized spacial score (nSPS) is 12.6. The molecule has 4 aromatic carbocycles. The maximum Gasteiger partial charge on any atom is 0.0351 e. The van der Waals surface area contributed by atoms with Crippen molar-refractivity contribution >= 4 is 44.6 Å². The SMILES string of the molecule is Cc1sc(-c2ccccc2)cc1C1=C(c2cc(-c3ccccc3)sc2C)c2cccc3cccc1c23. The smallest absolute Gasteiger partial charge is 0.0351 e. The number of hydrogen-bond acceptors (Lipinski definition) is 2. The fourth-order valence-corrected chi connectivity index (χ4v) is 7.60. The highest BCUT2D eigenvalue weighted by Crippen LogP contribution is 2.52. The van der Waals surface area contributed by atoms with E-state index in [1.54, 1.807) is 0 Å². The second-order valence-corrected chi connectivity index (χ2v) is 11.9. The quantitative estimate of drug-likeness (QED) is 0.227. The van der Waals surface area contributed by atoms with Crippen molar-refractivity contribution in [2.24, 2.45) is 0 Å². The Morgan fingerprint density at radius 2 is 0.889 bits per heavy atom. The highest BCUT2D eigenvalue weighted by atomic mass is 32.1. The minimum atomic E-state index is 1.28. The molecule has 7 rings (SSSR count). The molecule has 0 spiro atoms. The zero-order valence-corrected chi connectivity index (χ0v) is 21.8. The van der Waals surface area contributed by atoms with E-state index in [0.717, 1.165) is 0 Å². The van der Waals surface area contributed by atoms with Crippen molar-refractivity contribution < 1.29 is 0 Å². The Kier molecular flexibility index (Phi) is 5.06. The highest BCUT2D eigenvalue weighted by molar-refractivity contribution is 7.16. The van der Waals surface area contributed by atoms with E-state index in [2.05, 4.69) is 123 Å². The van der Waals surface area contributed by atoms with Crippen LogP contribution >= 0.6 is 22.7 Å². The van der Waals surface area contributed by atoms with Crippen LogP contribution in [0, 0.1) is 13.8 Å². The van der Waals surface area contributed by atoms with Gasteiger partial charge in [-0.25, -0.2) is 0 Å². The van der Waals surface area contributed by atoms with Crippen molar-refractivity contribution in [3.63, 3.8) is 0 Å². The Bertz CT molecular complexity index is 1650. The molecule has 0 N–H and O–H groups in total. The summed E-state index contributed by atoms with van der Waals surface area (Å²) in [5, 5.41) is 2.69. The molecule has 0 bridgehead atoms. The van der Waals surface area contributed by atoms with Crippen LogP contribution in [-0.4, -0.2) is 0 Å². The third-order valence-electron chi connectivity index (χ3n) is 7.18. The number of benzene rings is 4. The van der Waals surface area contributed by atoms with E-state index in [9.17, 15) is 0 Å². The highest BCUT2D eigenvalue weighted by Gasteiger charge is 2.29. The van der Waals surface area contributed by atoms with Gasteiger partial charge in [0.05, 0.1) is 0 Å². The molecule has 2 heteroatoms. The van der Waals surface area contributed by atoms with E-state index in [1.807, 2.05) is 22.7 Å². The van der Waals surface area contributed by atoms with Crippen LogP contribution in [0.15, 0.2) is 109 Å². The Balaban J connectivity index is 1.51. The van der Waals surface area contributed by atoms with Crippen LogP contribution in [0.4, 0.5) is 0 Å². The minimum absolute atomic E-state index is 1.28. The van der Waals surface area contributed by atoms with Crippen LogP contribution in [0.25, 0.3) is 42.8 Å². The first-order valence-corrected chi connectivity index (χ1v) is 13.9. The van der Waals surface area contributed by atoms with Gasteiger partial charge in [0, 0.05) is 19.5 Å².